The molecule has 1 heterocycles. The van der Waals surface area contributed by atoms with Crippen LogP contribution in [0.2, 0.25) is 0 Å². The van der Waals surface area contributed by atoms with E-state index in [1.807, 2.05) is 30.3 Å². The highest BCUT2D eigenvalue weighted by Crippen LogP contribution is 2.27. The quantitative estimate of drug-likeness (QED) is 0.532. The zero-order valence-corrected chi connectivity index (χ0v) is 18.5. The maximum Gasteiger partial charge on any atom is 0.269 e. The van der Waals surface area contributed by atoms with Gasteiger partial charge in [0.05, 0.1) is 0 Å². The summed E-state index contributed by atoms with van der Waals surface area (Å²) in [7, 11) is 1.66. The van der Waals surface area contributed by atoms with Crippen LogP contribution in [0.5, 0.6) is 0 Å². The molecule has 1 unspecified atom stereocenters. The molecule has 1 aliphatic heterocycles. The van der Waals surface area contributed by atoms with E-state index >= 15 is 0 Å². The highest BCUT2D eigenvalue weighted by molar-refractivity contribution is 6.50. The number of hydrogen-bond donors (Lipinski definition) is 1. The first-order chi connectivity index (χ1) is 14.7. The SMILES string of the molecule is C=c1cccc/c1=C/C(=NC)C(=O)NCCN1CCC(CCC2C=CCCC2)CC1. The van der Waals surface area contributed by atoms with Crippen molar-refractivity contribution < 1.29 is 4.79 Å². The molecule has 0 radical (unpaired) electrons. The molecular formula is C26H37N3O. The van der Waals surface area contributed by atoms with Crippen LogP contribution in [0.3, 0.4) is 0 Å². The lowest BCUT2D eigenvalue weighted by Gasteiger charge is -2.32. The highest BCUT2D eigenvalue weighted by Gasteiger charge is 2.20. The van der Waals surface area contributed by atoms with E-state index in [0.717, 1.165) is 41.9 Å². The number of likely N-dealkylation sites (tertiary alicyclic amines) is 1. The molecule has 30 heavy (non-hydrogen) atoms. The van der Waals surface area contributed by atoms with Gasteiger partial charge in [-0.3, -0.25) is 9.79 Å². The largest absolute Gasteiger partial charge is 0.349 e. The van der Waals surface area contributed by atoms with Gasteiger partial charge in [0.1, 0.15) is 5.71 Å². The van der Waals surface area contributed by atoms with E-state index in [0.29, 0.717) is 12.3 Å². The number of aliphatic imine (C=N–C) groups is 1. The number of piperidine rings is 1. The molecule has 1 fully saturated rings. The molecule has 0 bridgehead atoms. The normalized spacial score (nSPS) is 21.7. The summed E-state index contributed by atoms with van der Waals surface area (Å²) in [4.78, 5) is 19.1. The van der Waals surface area contributed by atoms with Crippen molar-refractivity contribution in [1.82, 2.24) is 10.2 Å². The third-order valence-electron chi connectivity index (χ3n) is 6.54. The van der Waals surface area contributed by atoms with Crippen molar-refractivity contribution in [3.05, 3.63) is 46.9 Å². The fraction of sp³-hybridized carbons (Fsp3) is 0.538. The van der Waals surface area contributed by atoms with E-state index in [4.69, 9.17) is 0 Å². The van der Waals surface area contributed by atoms with Crippen molar-refractivity contribution in [2.75, 3.05) is 33.2 Å². The smallest absolute Gasteiger partial charge is 0.269 e. The van der Waals surface area contributed by atoms with Gasteiger partial charge in [0.15, 0.2) is 0 Å². The summed E-state index contributed by atoms with van der Waals surface area (Å²) in [6, 6.07) is 7.78. The van der Waals surface area contributed by atoms with Crippen LogP contribution in [0.1, 0.15) is 44.9 Å². The number of nitrogens with zero attached hydrogens (tertiary/aromatic N) is 2. The molecule has 2 aliphatic rings. The third kappa shape index (κ3) is 6.94. The number of benzene rings is 1. The highest BCUT2D eigenvalue weighted by atomic mass is 16.1. The Kier molecular flexibility index (Phi) is 8.88. The first kappa shape index (κ1) is 22.5. The minimum atomic E-state index is -0.115. The number of rotatable bonds is 8. The molecule has 0 saturated carbocycles. The Morgan fingerprint density at radius 3 is 2.73 bits per heavy atom. The van der Waals surface area contributed by atoms with Crippen LogP contribution in [0.25, 0.3) is 12.7 Å². The van der Waals surface area contributed by atoms with Crippen molar-refractivity contribution in [1.29, 1.82) is 0 Å². The standard InChI is InChI=1S/C26H37N3O/c1-21-8-6-7-11-24(21)20-25(27-2)26(30)28-16-19-29-17-14-23(15-18-29)13-12-22-9-4-3-5-10-22/h4,6-9,11,20,22-23H,1,3,5,10,12-19H2,2H3,(H,28,30)/b24-20-,27-25?. The number of amides is 1. The number of hydrogen-bond acceptors (Lipinski definition) is 3. The lowest BCUT2D eigenvalue weighted by Crippen LogP contribution is -2.41. The Hall–Kier alpha value is -2.20. The molecule has 1 atom stereocenters. The van der Waals surface area contributed by atoms with E-state index in [-0.39, 0.29) is 5.91 Å². The van der Waals surface area contributed by atoms with Crippen LogP contribution < -0.4 is 15.8 Å². The lowest BCUT2D eigenvalue weighted by atomic mass is 9.85. The molecule has 0 aromatic heterocycles. The van der Waals surface area contributed by atoms with E-state index in [1.165, 1.54) is 44.9 Å². The van der Waals surface area contributed by atoms with Crippen molar-refractivity contribution >= 4 is 24.3 Å². The van der Waals surface area contributed by atoms with Gasteiger partial charge in [-0.25, -0.2) is 0 Å². The predicted octanol–water partition coefficient (Wildman–Crippen LogP) is 2.91. The minimum absolute atomic E-state index is 0.115. The second-order valence-corrected chi connectivity index (χ2v) is 8.69. The van der Waals surface area contributed by atoms with Crippen molar-refractivity contribution in [2.45, 2.75) is 44.9 Å². The molecule has 0 spiro atoms. The minimum Gasteiger partial charge on any atom is -0.349 e. The first-order valence-corrected chi connectivity index (χ1v) is 11.6. The fourth-order valence-corrected chi connectivity index (χ4v) is 4.54. The topological polar surface area (TPSA) is 44.7 Å². The van der Waals surface area contributed by atoms with Gasteiger partial charge in [0.2, 0.25) is 0 Å². The molecule has 1 aromatic carbocycles. The third-order valence-corrected chi connectivity index (χ3v) is 6.54. The van der Waals surface area contributed by atoms with E-state index in [2.05, 4.69) is 33.9 Å². The van der Waals surface area contributed by atoms with Gasteiger partial charge >= 0.3 is 0 Å². The second kappa shape index (κ2) is 11.8. The summed E-state index contributed by atoms with van der Waals surface area (Å²) >= 11 is 0. The Morgan fingerprint density at radius 2 is 2.03 bits per heavy atom. The molecular weight excluding hydrogens is 370 g/mol. The van der Waals surface area contributed by atoms with E-state index < -0.39 is 0 Å². The van der Waals surface area contributed by atoms with Gasteiger partial charge in [0, 0.05) is 20.1 Å². The summed E-state index contributed by atoms with van der Waals surface area (Å²) in [5.41, 5.74) is 0.446. The Balaban J connectivity index is 1.36. The number of nitrogens with one attached hydrogen (secondary N) is 1. The summed E-state index contributed by atoms with van der Waals surface area (Å²) in [5, 5.41) is 4.86. The summed E-state index contributed by atoms with van der Waals surface area (Å²) in [6.45, 7) is 7.88. The maximum absolute atomic E-state index is 12.5. The Labute approximate surface area is 181 Å². The average molecular weight is 408 g/mol. The molecule has 4 heteroatoms. The van der Waals surface area contributed by atoms with Gasteiger partial charge < -0.3 is 10.2 Å². The molecule has 1 N–H and O–H groups in total. The molecule has 1 amide bonds. The molecule has 1 aromatic rings. The van der Waals surface area contributed by atoms with Crippen molar-refractivity contribution in [2.24, 2.45) is 16.8 Å². The van der Waals surface area contributed by atoms with Crippen LogP contribution in [-0.2, 0) is 4.79 Å². The van der Waals surface area contributed by atoms with Crippen molar-refractivity contribution in [3.63, 3.8) is 0 Å². The summed E-state index contributed by atoms with van der Waals surface area (Å²) < 4.78 is 0. The molecule has 162 valence electrons. The van der Waals surface area contributed by atoms with Crippen LogP contribution in [-0.4, -0.2) is 49.7 Å². The van der Waals surface area contributed by atoms with Crippen LogP contribution in [0, 0.1) is 11.8 Å². The number of carbonyl (C=O) groups is 1. The van der Waals surface area contributed by atoms with Gasteiger partial charge in [-0.05, 0) is 86.4 Å². The van der Waals surface area contributed by atoms with Crippen LogP contribution in [0.15, 0.2) is 41.4 Å². The predicted molar refractivity (Wildman–Crippen MR) is 127 cm³/mol. The zero-order valence-electron chi connectivity index (χ0n) is 18.5. The van der Waals surface area contributed by atoms with Crippen LogP contribution in [0.4, 0.5) is 0 Å². The maximum atomic E-state index is 12.5. The molecule has 4 nitrogen and oxygen atoms in total. The zero-order chi connectivity index (χ0) is 21.2. The summed E-state index contributed by atoms with van der Waals surface area (Å²) in [5.74, 6) is 1.59. The molecule has 3 rings (SSSR count). The van der Waals surface area contributed by atoms with Gasteiger partial charge in [0.25, 0.3) is 5.91 Å². The monoisotopic (exact) mass is 407 g/mol. The molecule has 1 saturated heterocycles. The van der Waals surface area contributed by atoms with Gasteiger partial charge in [-0.2, -0.15) is 0 Å². The van der Waals surface area contributed by atoms with E-state index in [9.17, 15) is 4.79 Å². The average Bonchev–Trinajstić information content (AvgIpc) is 2.78. The van der Waals surface area contributed by atoms with Crippen molar-refractivity contribution in [3.8, 4) is 0 Å². The van der Waals surface area contributed by atoms with Gasteiger partial charge in [-0.1, -0.05) is 43.0 Å². The summed E-state index contributed by atoms with van der Waals surface area (Å²) in [6.07, 6.45) is 16.0. The molecule has 1 aliphatic carbocycles. The van der Waals surface area contributed by atoms with Gasteiger partial charge in [-0.15, -0.1) is 0 Å². The van der Waals surface area contributed by atoms with E-state index in [1.54, 1.807) is 7.05 Å². The number of carbonyl (C=O) groups excluding carboxylic acids is 1. The fourth-order valence-electron chi connectivity index (χ4n) is 4.54. The van der Waals surface area contributed by atoms with Crippen LogP contribution >= 0.6 is 0 Å². The Morgan fingerprint density at radius 1 is 1.23 bits per heavy atom. The second-order valence-electron chi connectivity index (χ2n) is 8.69. The Bertz CT molecular complexity index is 849. The lowest BCUT2D eigenvalue weighted by molar-refractivity contribution is -0.114. The first-order valence-electron chi connectivity index (χ1n) is 11.6. The number of allylic oxidation sites excluding steroid dienone is 2.